The largest absolute Gasteiger partial charge is 0.336 e. The number of aryl methyl sites for hydroxylation is 1. The zero-order valence-corrected chi connectivity index (χ0v) is 11.2. The van der Waals surface area contributed by atoms with E-state index in [1.807, 2.05) is 18.3 Å². The molecule has 0 saturated heterocycles. The number of nitrogens with zero attached hydrogens (tertiary/aromatic N) is 3. The van der Waals surface area contributed by atoms with E-state index in [0.29, 0.717) is 12.1 Å². The standard InChI is InChI=1S/C15H17N3O/c1-3-12-4-5-14(17-10-12)11-18(2)15(19)13-6-8-16-9-7-13/h4-10H,3,11H2,1-2H3. The number of pyridine rings is 2. The van der Waals surface area contributed by atoms with Gasteiger partial charge >= 0.3 is 0 Å². The minimum atomic E-state index is -0.0243. The summed E-state index contributed by atoms with van der Waals surface area (Å²) in [6.45, 7) is 2.60. The summed E-state index contributed by atoms with van der Waals surface area (Å²) in [4.78, 5) is 22.1. The Bertz CT molecular complexity index is 537. The van der Waals surface area contributed by atoms with Crippen molar-refractivity contribution in [1.82, 2.24) is 14.9 Å². The molecule has 98 valence electrons. The van der Waals surface area contributed by atoms with E-state index in [1.165, 1.54) is 5.56 Å². The van der Waals surface area contributed by atoms with Crippen molar-refractivity contribution in [3.8, 4) is 0 Å². The number of hydrogen-bond donors (Lipinski definition) is 0. The molecule has 4 nitrogen and oxygen atoms in total. The third-order valence-electron chi connectivity index (χ3n) is 2.97. The van der Waals surface area contributed by atoms with Gasteiger partial charge in [0.1, 0.15) is 0 Å². The van der Waals surface area contributed by atoms with Crippen LogP contribution in [0.25, 0.3) is 0 Å². The molecule has 1 amide bonds. The van der Waals surface area contributed by atoms with Crippen LogP contribution in [0.5, 0.6) is 0 Å². The van der Waals surface area contributed by atoms with Gasteiger partial charge in [-0.15, -0.1) is 0 Å². The zero-order chi connectivity index (χ0) is 13.7. The maximum atomic E-state index is 12.1. The van der Waals surface area contributed by atoms with Crippen molar-refractivity contribution >= 4 is 5.91 Å². The van der Waals surface area contributed by atoms with E-state index in [9.17, 15) is 4.79 Å². The Morgan fingerprint density at radius 3 is 2.53 bits per heavy atom. The molecule has 0 aliphatic heterocycles. The van der Waals surface area contributed by atoms with E-state index in [0.717, 1.165) is 12.1 Å². The summed E-state index contributed by atoms with van der Waals surface area (Å²) < 4.78 is 0. The molecule has 0 unspecified atom stereocenters. The lowest BCUT2D eigenvalue weighted by atomic mass is 10.2. The van der Waals surface area contributed by atoms with Gasteiger partial charge in [0, 0.05) is 31.2 Å². The topological polar surface area (TPSA) is 46.1 Å². The number of carbonyl (C=O) groups excluding carboxylic acids is 1. The Morgan fingerprint density at radius 1 is 1.21 bits per heavy atom. The minimum absolute atomic E-state index is 0.0243. The molecule has 0 fully saturated rings. The van der Waals surface area contributed by atoms with E-state index < -0.39 is 0 Å². The van der Waals surface area contributed by atoms with Crippen molar-refractivity contribution in [2.24, 2.45) is 0 Å². The van der Waals surface area contributed by atoms with Gasteiger partial charge < -0.3 is 4.90 Å². The van der Waals surface area contributed by atoms with Crippen LogP contribution in [0, 0.1) is 0 Å². The van der Waals surface area contributed by atoms with Gasteiger partial charge in [0.05, 0.1) is 12.2 Å². The van der Waals surface area contributed by atoms with Crippen LogP contribution in [-0.2, 0) is 13.0 Å². The highest BCUT2D eigenvalue weighted by Gasteiger charge is 2.11. The van der Waals surface area contributed by atoms with E-state index in [-0.39, 0.29) is 5.91 Å². The number of carbonyl (C=O) groups is 1. The third-order valence-corrected chi connectivity index (χ3v) is 2.97. The zero-order valence-electron chi connectivity index (χ0n) is 11.2. The van der Waals surface area contributed by atoms with Crippen LogP contribution in [0.15, 0.2) is 42.9 Å². The molecule has 2 aromatic heterocycles. The molecule has 0 aliphatic rings. The van der Waals surface area contributed by atoms with Gasteiger partial charge in [-0.3, -0.25) is 14.8 Å². The second-order valence-electron chi connectivity index (χ2n) is 4.41. The smallest absolute Gasteiger partial charge is 0.254 e. The molecule has 0 spiro atoms. The Labute approximate surface area is 113 Å². The molecule has 0 N–H and O–H groups in total. The summed E-state index contributed by atoms with van der Waals surface area (Å²) in [5.41, 5.74) is 2.73. The first kappa shape index (κ1) is 13.2. The second-order valence-corrected chi connectivity index (χ2v) is 4.41. The van der Waals surface area contributed by atoms with Gasteiger partial charge in [-0.1, -0.05) is 13.0 Å². The Morgan fingerprint density at radius 2 is 1.95 bits per heavy atom. The lowest BCUT2D eigenvalue weighted by Gasteiger charge is -2.16. The van der Waals surface area contributed by atoms with Crippen molar-refractivity contribution in [1.29, 1.82) is 0 Å². The van der Waals surface area contributed by atoms with Crippen LogP contribution < -0.4 is 0 Å². The normalized spacial score (nSPS) is 10.2. The summed E-state index contributed by atoms with van der Waals surface area (Å²) in [6.07, 6.45) is 6.07. The highest BCUT2D eigenvalue weighted by molar-refractivity contribution is 5.93. The van der Waals surface area contributed by atoms with E-state index in [4.69, 9.17) is 0 Å². The molecule has 2 heterocycles. The predicted molar refractivity (Wildman–Crippen MR) is 73.6 cm³/mol. The molecule has 0 aliphatic carbocycles. The average molecular weight is 255 g/mol. The van der Waals surface area contributed by atoms with Gasteiger partial charge in [0.15, 0.2) is 0 Å². The maximum Gasteiger partial charge on any atom is 0.254 e. The molecular formula is C15H17N3O. The third kappa shape index (κ3) is 3.37. The molecule has 4 heteroatoms. The van der Waals surface area contributed by atoms with Crippen LogP contribution in [0.1, 0.15) is 28.5 Å². The van der Waals surface area contributed by atoms with Crippen molar-refractivity contribution in [3.05, 3.63) is 59.7 Å². The first-order valence-electron chi connectivity index (χ1n) is 6.30. The molecule has 0 saturated carbocycles. The highest BCUT2D eigenvalue weighted by Crippen LogP contribution is 2.07. The van der Waals surface area contributed by atoms with Crippen molar-refractivity contribution in [2.75, 3.05) is 7.05 Å². The van der Waals surface area contributed by atoms with Gasteiger partial charge in [-0.2, -0.15) is 0 Å². The molecule has 0 atom stereocenters. The van der Waals surface area contributed by atoms with E-state index >= 15 is 0 Å². The fourth-order valence-electron chi connectivity index (χ4n) is 1.79. The van der Waals surface area contributed by atoms with Crippen molar-refractivity contribution in [2.45, 2.75) is 19.9 Å². The average Bonchev–Trinajstić information content (AvgIpc) is 2.48. The first-order valence-corrected chi connectivity index (χ1v) is 6.30. The number of aromatic nitrogens is 2. The number of rotatable bonds is 4. The van der Waals surface area contributed by atoms with Crippen molar-refractivity contribution < 1.29 is 4.79 Å². The summed E-state index contributed by atoms with van der Waals surface area (Å²) in [6, 6.07) is 7.45. The van der Waals surface area contributed by atoms with Gasteiger partial charge in [-0.25, -0.2) is 0 Å². The second kappa shape index (κ2) is 6.09. The lowest BCUT2D eigenvalue weighted by molar-refractivity contribution is 0.0783. The van der Waals surface area contributed by atoms with Gasteiger partial charge in [-0.05, 0) is 30.2 Å². The van der Waals surface area contributed by atoms with Gasteiger partial charge in [0.25, 0.3) is 5.91 Å². The van der Waals surface area contributed by atoms with Gasteiger partial charge in [0.2, 0.25) is 0 Å². The van der Waals surface area contributed by atoms with Crippen molar-refractivity contribution in [3.63, 3.8) is 0 Å². The monoisotopic (exact) mass is 255 g/mol. The number of hydrogen-bond acceptors (Lipinski definition) is 3. The molecule has 2 rings (SSSR count). The fourth-order valence-corrected chi connectivity index (χ4v) is 1.79. The summed E-state index contributed by atoms with van der Waals surface area (Å²) >= 11 is 0. The maximum absolute atomic E-state index is 12.1. The van der Waals surface area contributed by atoms with Crippen LogP contribution >= 0.6 is 0 Å². The molecular weight excluding hydrogens is 238 g/mol. The first-order chi connectivity index (χ1) is 9.20. The van der Waals surface area contributed by atoms with Crippen LogP contribution in [0.2, 0.25) is 0 Å². The molecule has 2 aromatic rings. The van der Waals surface area contributed by atoms with E-state index in [2.05, 4.69) is 16.9 Å². The Balaban J connectivity index is 2.04. The SMILES string of the molecule is CCc1ccc(CN(C)C(=O)c2ccncc2)nc1. The predicted octanol–water partition coefficient (Wildman–Crippen LogP) is 2.31. The fraction of sp³-hybridized carbons (Fsp3) is 0.267. The van der Waals surface area contributed by atoms with Crippen LogP contribution in [0.4, 0.5) is 0 Å². The molecule has 19 heavy (non-hydrogen) atoms. The Hall–Kier alpha value is -2.23. The van der Waals surface area contributed by atoms with Crippen LogP contribution in [-0.4, -0.2) is 27.8 Å². The molecule has 0 radical (unpaired) electrons. The number of amides is 1. The summed E-state index contributed by atoms with van der Waals surface area (Å²) in [7, 11) is 1.78. The Kier molecular flexibility index (Phi) is 4.23. The summed E-state index contributed by atoms with van der Waals surface area (Å²) in [5, 5.41) is 0. The van der Waals surface area contributed by atoms with E-state index in [1.54, 1.807) is 36.5 Å². The minimum Gasteiger partial charge on any atom is -0.336 e. The molecule has 0 bridgehead atoms. The van der Waals surface area contributed by atoms with Crippen LogP contribution in [0.3, 0.4) is 0 Å². The lowest BCUT2D eigenvalue weighted by Crippen LogP contribution is -2.26. The molecule has 0 aromatic carbocycles. The highest BCUT2D eigenvalue weighted by atomic mass is 16.2. The summed E-state index contributed by atoms with van der Waals surface area (Å²) in [5.74, 6) is -0.0243. The quantitative estimate of drug-likeness (QED) is 0.842.